The smallest absolute Gasteiger partial charge is 0.200 e. The summed E-state index contributed by atoms with van der Waals surface area (Å²) < 4.78 is 21.5. The predicted molar refractivity (Wildman–Crippen MR) is 83.4 cm³/mol. The maximum absolute atomic E-state index is 14.3. The van der Waals surface area contributed by atoms with Gasteiger partial charge in [-0.25, -0.2) is 14.4 Å². The molecule has 0 aliphatic carbocycles. The molecule has 0 aromatic carbocycles. The molecule has 0 aliphatic heterocycles. The summed E-state index contributed by atoms with van der Waals surface area (Å²) in [6, 6.07) is 3.56. The minimum Gasteiger partial charge on any atom is -0.461 e. The number of aromatic nitrogens is 5. The maximum Gasteiger partial charge on any atom is 0.200 e. The number of aryl methyl sites for hydroxylation is 1. The van der Waals surface area contributed by atoms with E-state index in [1.165, 1.54) is 6.33 Å². The van der Waals surface area contributed by atoms with E-state index in [2.05, 4.69) is 26.7 Å². The molecule has 6 nitrogen and oxygen atoms in total. The van der Waals surface area contributed by atoms with Crippen molar-refractivity contribution in [1.82, 2.24) is 24.7 Å². The van der Waals surface area contributed by atoms with Gasteiger partial charge >= 0.3 is 0 Å². The molecular weight excluding hydrogens is 317 g/mol. The molecule has 0 aliphatic rings. The Hall–Kier alpha value is -2.48. The van der Waals surface area contributed by atoms with E-state index < -0.39 is 5.82 Å². The van der Waals surface area contributed by atoms with Crippen molar-refractivity contribution in [3.63, 3.8) is 0 Å². The number of furan rings is 1. The van der Waals surface area contributed by atoms with Crippen LogP contribution >= 0.6 is 11.8 Å². The number of allylic oxidation sites excluding steroid dienone is 1. The van der Waals surface area contributed by atoms with Crippen molar-refractivity contribution in [3.8, 4) is 11.6 Å². The first-order valence-electron chi connectivity index (χ1n) is 6.99. The van der Waals surface area contributed by atoms with Crippen LogP contribution < -0.4 is 0 Å². The molecule has 0 N–H and O–H groups in total. The van der Waals surface area contributed by atoms with Crippen LogP contribution in [0.15, 0.2) is 52.0 Å². The van der Waals surface area contributed by atoms with Crippen molar-refractivity contribution >= 4 is 11.8 Å². The van der Waals surface area contributed by atoms with E-state index in [4.69, 9.17) is 4.42 Å². The second-order valence-corrected chi connectivity index (χ2v) is 5.53. The van der Waals surface area contributed by atoms with Crippen LogP contribution in [0, 0.1) is 5.82 Å². The molecule has 0 spiro atoms. The zero-order valence-electron chi connectivity index (χ0n) is 12.4. The third kappa shape index (κ3) is 3.02. The van der Waals surface area contributed by atoms with Crippen LogP contribution in [0.4, 0.5) is 4.39 Å². The summed E-state index contributed by atoms with van der Waals surface area (Å²) in [6.45, 7) is 6.05. The molecule has 3 rings (SSSR count). The van der Waals surface area contributed by atoms with Crippen LogP contribution in [0.5, 0.6) is 0 Å². The largest absolute Gasteiger partial charge is 0.461 e. The van der Waals surface area contributed by atoms with Crippen LogP contribution in [0.2, 0.25) is 0 Å². The van der Waals surface area contributed by atoms with Crippen LogP contribution in [0.1, 0.15) is 12.6 Å². The molecule has 3 aromatic rings. The summed E-state index contributed by atoms with van der Waals surface area (Å²) in [5, 5.41) is 8.99. The first-order chi connectivity index (χ1) is 11.2. The van der Waals surface area contributed by atoms with Gasteiger partial charge in [-0.05, 0) is 30.3 Å². The van der Waals surface area contributed by atoms with Crippen molar-refractivity contribution in [3.05, 3.63) is 48.9 Å². The van der Waals surface area contributed by atoms with Gasteiger partial charge in [-0.2, -0.15) is 0 Å². The van der Waals surface area contributed by atoms with Gasteiger partial charge in [0.05, 0.1) is 12.0 Å². The Morgan fingerprint density at radius 2 is 2.26 bits per heavy atom. The van der Waals surface area contributed by atoms with Gasteiger partial charge in [-0.3, -0.25) is 4.57 Å². The highest BCUT2D eigenvalue weighted by molar-refractivity contribution is 7.99. The molecule has 3 heterocycles. The first-order valence-corrected chi connectivity index (χ1v) is 7.81. The zero-order chi connectivity index (χ0) is 16.2. The lowest BCUT2D eigenvalue weighted by Gasteiger charge is -2.07. The van der Waals surface area contributed by atoms with E-state index >= 15 is 0 Å². The third-order valence-electron chi connectivity index (χ3n) is 3.12. The highest BCUT2D eigenvalue weighted by Gasteiger charge is 2.19. The number of halogens is 1. The minimum absolute atomic E-state index is 0.223. The second-order valence-electron chi connectivity index (χ2n) is 4.58. The summed E-state index contributed by atoms with van der Waals surface area (Å²) >= 11 is 1.10. The van der Waals surface area contributed by atoms with Gasteiger partial charge in [0, 0.05) is 6.54 Å². The van der Waals surface area contributed by atoms with Gasteiger partial charge in [0.25, 0.3) is 0 Å². The zero-order valence-corrected chi connectivity index (χ0v) is 13.3. The Bertz CT molecular complexity index is 815. The minimum atomic E-state index is -0.423. The van der Waals surface area contributed by atoms with Crippen molar-refractivity contribution < 1.29 is 8.81 Å². The Kier molecular flexibility index (Phi) is 4.52. The summed E-state index contributed by atoms with van der Waals surface area (Å²) in [7, 11) is 0. The van der Waals surface area contributed by atoms with Crippen LogP contribution in [-0.2, 0) is 13.0 Å². The van der Waals surface area contributed by atoms with E-state index in [9.17, 15) is 4.39 Å². The number of rotatable bonds is 6. The van der Waals surface area contributed by atoms with E-state index in [1.807, 2.05) is 6.92 Å². The van der Waals surface area contributed by atoms with Gasteiger partial charge in [-0.1, -0.05) is 13.0 Å². The highest BCUT2D eigenvalue weighted by Crippen LogP contribution is 2.30. The Morgan fingerprint density at radius 1 is 1.39 bits per heavy atom. The molecule has 8 heteroatoms. The molecule has 0 saturated carbocycles. The molecule has 0 fully saturated rings. The number of nitrogens with zero attached hydrogens (tertiary/aromatic N) is 5. The fraction of sp³-hybridized carbons (Fsp3) is 0.200. The number of hydrogen-bond donors (Lipinski definition) is 0. The Balaban J connectivity index is 1.99. The monoisotopic (exact) mass is 331 g/mol. The van der Waals surface area contributed by atoms with E-state index in [-0.39, 0.29) is 5.03 Å². The molecule has 23 heavy (non-hydrogen) atoms. The van der Waals surface area contributed by atoms with Crippen LogP contribution in [0.25, 0.3) is 11.6 Å². The number of hydrogen-bond acceptors (Lipinski definition) is 6. The van der Waals surface area contributed by atoms with Crippen molar-refractivity contribution in [2.75, 3.05) is 0 Å². The normalized spacial score (nSPS) is 10.9. The molecule has 0 bridgehead atoms. The summed E-state index contributed by atoms with van der Waals surface area (Å²) in [4.78, 5) is 7.93. The molecule has 0 radical (unpaired) electrons. The van der Waals surface area contributed by atoms with Gasteiger partial charge < -0.3 is 4.42 Å². The highest BCUT2D eigenvalue weighted by atomic mass is 32.2. The predicted octanol–water partition coefficient (Wildman–Crippen LogP) is 3.37. The van der Waals surface area contributed by atoms with Crippen LogP contribution in [-0.4, -0.2) is 24.7 Å². The lowest BCUT2D eigenvalue weighted by atomic mass is 10.3. The Labute approximate surface area is 136 Å². The lowest BCUT2D eigenvalue weighted by Crippen LogP contribution is -2.02. The molecule has 0 saturated heterocycles. The average Bonchev–Trinajstić information content (AvgIpc) is 3.20. The fourth-order valence-corrected chi connectivity index (χ4v) is 2.87. The van der Waals surface area contributed by atoms with Gasteiger partial charge in [0.1, 0.15) is 11.4 Å². The van der Waals surface area contributed by atoms with Crippen molar-refractivity contribution in [2.24, 2.45) is 0 Å². The van der Waals surface area contributed by atoms with Crippen molar-refractivity contribution in [2.45, 2.75) is 30.1 Å². The lowest BCUT2D eigenvalue weighted by molar-refractivity contribution is 0.558. The SMILES string of the molecule is C=CCn1c(Sc2ncnc(CC)c2F)nnc1-c1ccco1. The summed E-state index contributed by atoms with van der Waals surface area (Å²) in [5.41, 5.74) is 0.378. The standard InChI is InChI=1S/C15H14FN5OS/c1-3-7-21-13(11-6-5-8-22-11)19-20-15(21)23-14-12(16)10(4-2)17-9-18-14/h3,5-6,8-9H,1,4,7H2,2H3. The van der Waals surface area contributed by atoms with Gasteiger partial charge in [0.2, 0.25) is 5.82 Å². The molecular formula is C15H14FN5OS. The first kappa shape index (κ1) is 15.4. The quantitative estimate of drug-likeness (QED) is 0.509. The second kappa shape index (κ2) is 6.74. The molecule has 0 amide bonds. The van der Waals surface area contributed by atoms with Gasteiger partial charge in [-0.15, -0.1) is 16.8 Å². The molecule has 3 aromatic heterocycles. The average molecular weight is 331 g/mol. The molecule has 0 atom stereocenters. The van der Waals surface area contributed by atoms with Crippen molar-refractivity contribution in [1.29, 1.82) is 0 Å². The summed E-state index contributed by atoms with van der Waals surface area (Å²) in [5.74, 6) is 0.721. The molecule has 0 unspecified atom stereocenters. The topological polar surface area (TPSA) is 69.6 Å². The molecule has 118 valence electrons. The fourth-order valence-electron chi connectivity index (χ4n) is 2.04. The Morgan fingerprint density at radius 3 is 2.96 bits per heavy atom. The van der Waals surface area contributed by atoms with E-state index in [0.717, 1.165) is 11.8 Å². The van der Waals surface area contributed by atoms with E-state index in [1.54, 1.807) is 29.0 Å². The maximum atomic E-state index is 14.3. The van der Waals surface area contributed by atoms with E-state index in [0.29, 0.717) is 35.4 Å². The third-order valence-corrected chi connectivity index (χ3v) is 4.09. The van der Waals surface area contributed by atoms with Crippen LogP contribution in [0.3, 0.4) is 0 Å². The summed E-state index contributed by atoms with van der Waals surface area (Å²) in [6.07, 6.45) is 5.13. The van der Waals surface area contributed by atoms with Gasteiger partial charge in [0.15, 0.2) is 16.7 Å².